The first-order valence-corrected chi connectivity index (χ1v) is 7.45. The maximum absolute atomic E-state index is 14.2. The molecule has 0 N–H and O–H groups in total. The van der Waals surface area contributed by atoms with E-state index in [2.05, 4.69) is 0 Å². The molecule has 2 aliphatic rings. The minimum absolute atomic E-state index is 0.0119. The molecule has 3 rings (SSSR count). The molecule has 22 heavy (non-hydrogen) atoms. The summed E-state index contributed by atoms with van der Waals surface area (Å²) in [6, 6.07) is 2.41. The summed E-state index contributed by atoms with van der Waals surface area (Å²) in [6.07, 6.45) is 1.91. The van der Waals surface area contributed by atoms with E-state index in [9.17, 15) is 14.0 Å². The lowest BCUT2D eigenvalue weighted by molar-refractivity contribution is -0.120. The molecule has 1 heterocycles. The number of carbonyl (C=O) groups excluding carboxylic acids is 2. The molecule has 0 radical (unpaired) electrons. The van der Waals surface area contributed by atoms with Crippen LogP contribution in [0.1, 0.15) is 33.1 Å². The van der Waals surface area contributed by atoms with Crippen LogP contribution < -0.4 is 9.64 Å². The van der Waals surface area contributed by atoms with E-state index in [-0.39, 0.29) is 23.2 Å². The topological polar surface area (TPSA) is 46.6 Å². The van der Waals surface area contributed by atoms with Crippen LogP contribution in [0.2, 0.25) is 5.02 Å². The molecule has 1 aliphatic carbocycles. The SMILES string of the molecule is CC(C)=C1CC(=O)N(c2cc(OC3CC3)c(Cl)cc2F)C1=O. The van der Waals surface area contributed by atoms with Crippen LogP contribution in [-0.4, -0.2) is 17.9 Å². The first kappa shape index (κ1) is 15.0. The Bertz CT molecular complexity index is 706. The van der Waals surface area contributed by atoms with Crippen molar-refractivity contribution in [1.82, 2.24) is 0 Å². The number of halogens is 2. The van der Waals surface area contributed by atoms with Crippen LogP contribution in [0.3, 0.4) is 0 Å². The zero-order valence-corrected chi connectivity index (χ0v) is 13.0. The minimum Gasteiger partial charge on any atom is -0.489 e. The fraction of sp³-hybridized carbons (Fsp3) is 0.375. The van der Waals surface area contributed by atoms with Crippen LogP contribution in [0.25, 0.3) is 0 Å². The predicted molar refractivity (Wildman–Crippen MR) is 80.5 cm³/mol. The Labute approximate surface area is 132 Å². The van der Waals surface area contributed by atoms with Gasteiger partial charge in [-0.15, -0.1) is 0 Å². The number of nitrogens with zero attached hydrogens (tertiary/aromatic N) is 1. The fourth-order valence-corrected chi connectivity index (χ4v) is 2.53. The highest BCUT2D eigenvalue weighted by Crippen LogP contribution is 2.38. The first-order valence-electron chi connectivity index (χ1n) is 7.08. The van der Waals surface area contributed by atoms with Crippen molar-refractivity contribution in [3.63, 3.8) is 0 Å². The van der Waals surface area contributed by atoms with Gasteiger partial charge in [0.1, 0.15) is 11.6 Å². The van der Waals surface area contributed by atoms with E-state index in [0.29, 0.717) is 11.3 Å². The molecule has 2 fully saturated rings. The van der Waals surface area contributed by atoms with Gasteiger partial charge in [0.2, 0.25) is 5.91 Å². The van der Waals surface area contributed by atoms with Gasteiger partial charge in [-0.05, 0) is 32.8 Å². The van der Waals surface area contributed by atoms with Gasteiger partial charge in [0.25, 0.3) is 5.91 Å². The van der Waals surface area contributed by atoms with Crippen LogP contribution in [0.4, 0.5) is 10.1 Å². The average molecular weight is 324 g/mol. The summed E-state index contributed by atoms with van der Waals surface area (Å²) < 4.78 is 19.8. The number of rotatable bonds is 3. The van der Waals surface area contributed by atoms with Crippen LogP contribution in [0.5, 0.6) is 5.75 Å². The van der Waals surface area contributed by atoms with E-state index in [4.69, 9.17) is 16.3 Å². The van der Waals surface area contributed by atoms with E-state index in [1.54, 1.807) is 13.8 Å². The second-order valence-corrected chi connectivity index (χ2v) is 6.15. The maximum Gasteiger partial charge on any atom is 0.261 e. The predicted octanol–water partition coefficient (Wildman–Crippen LogP) is 3.62. The lowest BCUT2D eigenvalue weighted by Crippen LogP contribution is -2.30. The van der Waals surface area contributed by atoms with Crippen molar-refractivity contribution in [1.29, 1.82) is 0 Å². The molecule has 6 heteroatoms. The highest BCUT2D eigenvalue weighted by atomic mass is 35.5. The molecule has 2 amide bonds. The smallest absolute Gasteiger partial charge is 0.261 e. The Morgan fingerprint density at radius 2 is 2.00 bits per heavy atom. The maximum atomic E-state index is 14.2. The standard InChI is InChI=1S/C16H15ClFNO3/c1-8(2)10-5-15(20)19(16(10)21)13-7-14(22-9-3-4-9)11(17)6-12(13)18/h6-7,9H,3-5H2,1-2H3. The van der Waals surface area contributed by atoms with Crippen molar-refractivity contribution in [2.24, 2.45) is 0 Å². The molecule has 0 unspecified atom stereocenters. The summed E-state index contributed by atoms with van der Waals surface area (Å²) in [4.78, 5) is 25.3. The molecular formula is C16H15ClFNO3. The van der Waals surface area contributed by atoms with Gasteiger partial charge in [0.05, 0.1) is 23.2 Å². The molecule has 1 saturated carbocycles. The largest absolute Gasteiger partial charge is 0.489 e. The molecule has 1 saturated heterocycles. The Morgan fingerprint density at radius 3 is 2.55 bits per heavy atom. The van der Waals surface area contributed by atoms with Crippen LogP contribution in [0.15, 0.2) is 23.3 Å². The third kappa shape index (κ3) is 2.61. The highest BCUT2D eigenvalue weighted by molar-refractivity contribution is 6.32. The molecule has 1 aliphatic heterocycles. The van der Waals surface area contributed by atoms with Gasteiger partial charge in [0, 0.05) is 11.6 Å². The van der Waals surface area contributed by atoms with Gasteiger partial charge in [-0.3, -0.25) is 9.59 Å². The van der Waals surface area contributed by atoms with E-state index in [1.807, 2.05) is 0 Å². The molecule has 1 aromatic rings. The normalized spacial score (nSPS) is 18.2. The second-order valence-electron chi connectivity index (χ2n) is 5.74. The summed E-state index contributed by atoms with van der Waals surface area (Å²) in [5.74, 6) is -1.35. The van der Waals surface area contributed by atoms with Crippen molar-refractivity contribution < 1.29 is 18.7 Å². The van der Waals surface area contributed by atoms with Gasteiger partial charge in [-0.1, -0.05) is 17.2 Å². The second kappa shape index (κ2) is 5.39. The first-order chi connectivity index (χ1) is 10.4. The lowest BCUT2D eigenvalue weighted by Gasteiger charge is -2.17. The number of carbonyl (C=O) groups is 2. The van der Waals surface area contributed by atoms with Gasteiger partial charge in [0.15, 0.2) is 0 Å². The van der Waals surface area contributed by atoms with Crippen molar-refractivity contribution in [2.75, 3.05) is 4.90 Å². The zero-order valence-electron chi connectivity index (χ0n) is 12.3. The van der Waals surface area contributed by atoms with E-state index in [0.717, 1.165) is 29.4 Å². The number of benzene rings is 1. The summed E-state index contributed by atoms with van der Waals surface area (Å²) >= 11 is 5.97. The molecule has 0 atom stereocenters. The number of amides is 2. The summed E-state index contributed by atoms with van der Waals surface area (Å²) in [5, 5.41) is 0.134. The van der Waals surface area contributed by atoms with Crippen LogP contribution >= 0.6 is 11.6 Å². The number of hydrogen-bond acceptors (Lipinski definition) is 3. The summed E-state index contributed by atoms with van der Waals surface area (Å²) in [5.41, 5.74) is 1.06. The third-order valence-electron chi connectivity index (χ3n) is 3.70. The van der Waals surface area contributed by atoms with Crippen LogP contribution in [0, 0.1) is 5.82 Å². The number of imide groups is 1. The van der Waals surface area contributed by atoms with Gasteiger partial charge >= 0.3 is 0 Å². The average Bonchev–Trinajstić information content (AvgIpc) is 3.19. The van der Waals surface area contributed by atoms with Crippen molar-refractivity contribution in [3.8, 4) is 5.75 Å². The van der Waals surface area contributed by atoms with E-state index in [1.165, 1.54) is 6.07 Å². The quantitative estimate of drug-likeness (QED) is 0.630. The fourth-order valence-electron chi connectivity index (χ4n) is 2.33. The van der Waals surface area contributed by atoms with Gasteiger partial charge in [-0.25, -0.2) is 9.29 Å². The summed E-state index contributed by atoms with van der Waals surface area (Å²) in [7, 11) is 0. The Balaban J connectivity index is 2.02. The zero-order chi connectivity index (χ0) is 16.0. The minimum atomic E-state index is -0.718. The number of anilines is 1. The van der Waals surface area contributed by atoms with Gasteiger partial charge in [-0.2, -0.15) is 0 Å². The molecule has 1 aromatic carbocycles. The van der Waals surface area contributed by atoms with Crippen LogP contribution in [-0.2, 0) is 9.59 Å². The molecule has 0 aromatic heterocycles. The van der Waals surface area contributed by atoms with Crippen molar-refractivity contribution in [2.45, 2.75) is 39.2 Å². The lowest BCUT2D eigenvalue weighted by atomic mass is 10.1. The summed E-state index contributed by atoms with van der Waals surface area (Å²) in [6.45, 7) is 3.51. The third-order valence-corrected chi connectivity index (χ3v) is 4.00. The van der Waals surface area contributed by atoms with Gasteiger partial charge < -0.3 is 4.74 Å². The number of allylic oxidation sites excluding steroid dienone is 1. The molecular weight excluding hydrogens is 309 g/mol. The molecule has 0 spiro atoms. The molecule has 0 bridgehead atoms. The number of hydrogen-bond donors (Lipinski definition) is 0. The van der Waals surface area contributed by atoms with Crippen molar-refractivity contribution >= 4 is 29.1 Å². The van der Waals surface area contributed by atoms with E-state index < -0.39 is 17.6 Å². The Morgan fingerprint density at radius 1 is 1.32 bits per heavy atom. The van der Waals surface area contributed by atoms with E-state index >= 15 is 0 Å². The molecule has 116 valence electrons. The highest BCUT2D eigenvalue weighted by Gasteiger charge is 2.37. The monoisotopic (exact) mass is 323 g/mol. The Hall–Kier alpha value is -1.88. The van der Waals surface area contributed by atoms with Crippen molar-refractivity contribution in [3.05, 3.63) is 34.1 Å². The number of ether oxygens (including phenoxy) is 1. The Kier molecular flexibility index (Phi) is 3.68. The molecule has 4 nitrogen and oxygen atoms in total.